The van der Waals surface area contributed by atoms with Gasteiger partial charge in [-0.1, -0.05) is 0 Å². The number of aromatic nitrogens is 3. The molecular weight excluding hydrogens is 244 g/mol. The van der Waals surface area contributed by atoms with Crippen molar-refractivity contribution in [1.29, 1.82) is 0 Å². The highest BCUT2D eigenvalue weighted by Crippen LogP contribution is 2.14. The van der Waals surface area contributed by atoms with E-state index in [-0.39, 0.29) is 0 Å². The third-order valence-electron chi connectivity index (χ3n) is 2.94. The summed E-state index contributed by atoms with van der Waals surface area (Å²) in [5.41, 5.74) is 2.31. The second kappa shape index (κ2) is 4.88. The van der Waals surface area contributed by atoms with E-state index in [2.05, 4.69) is 32.8 Å². The molecule has 0 aromatic carbocycles. The summed E-state index contributed by atoms with van der Waals surface area (Å²) in [5, 5.41) is 5.51. The summed E-state index contributed by atoms with van der Waals surface area (Å²) < 4.78 is 2.05. The van der Waals surface area contributed by atoms with Crippen molar-refractivity contribution in [2.75, 3.05) is 0 Å². The number of pyridine rings is 1. The number of rotatable bonds is 4. The highest BCUT2D eigenvalue weighted by Gasteiger charge is 2.06. The fourth-order valence-electron chi connectivity index (χ4n) is 1.89. The Hall–Kier alpha value is -1.72. The number of hydrogen-bond donors (Lipinski definition) is 1. The highest BCUT2D eigenvalue weighted by molar-refractivity contribution is 7.15. The van der Waals surface area contributed by atoms with Gasteiger partial charge in [-0.05, 0) is 24.6 Å². The van der Waals surface area contributed by atoms with Crippen LogP contribution in [-0.2, 0) is 6.54 Å². The number of fused-ring (bicyclic) bond motifs is 1. The predicted octanol–water partition coefficient (Wildman–Crippen LogP) is 2.64. The maximum atomic E-state index is 4.54. The molecule has 0 aliphatic heterocycles. The Bertz CT molecular complexity index is 600. The normalized spacial score (nSPS) is 12.9. The average molecular weight is 258 g/mol. The second-order valence-corrected chi connectivity index (χ2v) is 5.08. The van der Waals surface area contributed by atoms with Gasteiger partial charge in [-0.15, -0.1) is 11.3 Å². The Kier molecular flexibility index (Phi) is 3.08. The van der Waals surface area contributed by atoms with Gasteiger partial charge in [0.15, 0.2) is 4.96 Å². The van der Waals surface area contributed by atoms with Crippen LogP contribution in [0.15, 0.2) is 42.3 Å². The summed E-state index contributed by atoms with van der Waals surface area (Å²) in [4.78, 5) is 9.62. The number of nitrogens with one attached hydrogen (secondary N) is 1. The fraction of sp³-hybridized carbons (Fsp3) is 0.231. The highest BCUT2D eigenvalue weighted by atomic mass is 32.1. The van der Waals surface area contributed by atoms with Crippen LogP contribution in [0.25, 0.3) is 4.96 Å². The Morgan fingerprint density at radius 3 is 3.00 bits per heavy atom. The van der Waals surface area contributed by atoms with E-state index < -0.39 is 0 Å². The lowest BCUT2D eigenvalue weighted by Gasteiger charge is -2.12. The zero-order chi connectivity index (χ0) is 12.4. The zero-order valence-corrected chi connectivity index (χ0v) is 10.9. The van der Waals surface area contributed by atoms with Crippen LogP contribution < -0.4 is 5.32 Å². The summed E-state index contributed by atoms with van der Waals surface area (Å²) >= 11 is 1.65. The monoisotopic (exact) mass is 258 g/mol. The molecule has 0 amide bonds. The van der Waals surface area contributed by atoms with Crippen LogP contribution in [0.2, 0.25) is 0 Å². The van der Waals surface area contributed by atoms with Crippen LogP contribution in [0, 0.1) is 0 Å². The topological polar surface area (TPSA) is 42.2 Å². The van der Waals surface area contributed by atoms with E-state index in [4.69, 9.17) is 0 Å². The molecule has 0 aliphatic carbocycles. The van der Waals surface area contributed by atoms with Crippen molar-refractivity contribution in [3.05, 3.63) is 53.6 Å². The van der Waals surface area contributed by atoms with Crippen molar-refractivity contribution in [2.45, 2.75) is 19.5 Å². The van der Waals surface area contributed by atoms with Gasteiger partial charge in [-0.2, -0.15) is 0 Å². The molecule has 0 bridgehead atoms. The molecule has 1 atom stereocenters. The van der Waals surface area contributed by atoms with Crippen LogP contribution in [0.3, 0.4) is 0 Å². The molecule has 18 heavy (non-hydrogen) atoms. The minimum absolute atomic E-state index is 0.299. The molecule has 4 nitrogen and oxygen atoms in total. The first-order valence-electron chi connectivity index (χ1n) is 5.87. The largest absolute Gasteiger partial charge is 0.305 e. The SMILES string of the molecule is C[C@@H](NCc1cn2ccsc2n1)c1ccncc1. The third-order valence-corrected chi connectivity index (χ3v) is 3.71. The first kappa shape index (κ1) is 11.4. The van der Waals surface area contributed by atoms with E-state index in [1.807, 2.05) is 36.1 Å². The Balaban J connectivity index is 1.66. The number of thiazole rings is 1. The van der Waals surface area contributed by atoms with Crippen molar-refractivity contribution in [1.82, 2.24) is 19.7 Å². The molecule has 0 saturated heterocycles. The molecular formula is C13H14N4S. The first-order chi connectivity index (χ1) is 8.83. The molecule has 3 aromatic rings. The molecule has 0 fully saturated rings. The van der Waals surface area contributed by atoms with Crippen LogP contribution in [0.1, 0.15) is 24.2 Å². The van der Waals surface area contributed by atoms with Gasteiger partial charge in [-0.25, -0.2) is 4.98 Å². The van der Waals surface area contributed by atoms with Crippen molar-refractivity contribution in [3.63, 3.8) is 0 Å². The van der Waals surface area contributed by atoms with Gasteiger partial charge in [0.1, 0.15) is 0 Å². The van der Waals surface area contributed by atoms with Gasteiger partial charge in [0.25, 0.3) is 0 Å². The molecule has 3 aromatic heterocycles. The Morgan fingerprint density at radius 1 is 1.39 bits per heavy atom. The van der Waals surface area contributed by atoms with Crippen molar-refractivity contribution >= 4 is 16.3 Å². The summed E-state index contributed by atoms with van der Waals surface area (Å²) in [6, 6.07) is 4.36. The lowest BCUT2D eigenvalue weighted by molar-refractivity contribution is 0.568. The van der Waals surface area contributed by atoms with Gasteiger partial charge in [0, 0.05) is 42.8 Å². The molecule has 1 N–H and O–H groups in total. The van der Waals surface area contributed by atoms with E-state index in [1.165, 1.54) is 5.56 Å². The third kappa shape index (κ3) is 2.27. The number of imidazole rings is 1. The van der Waals surface area contributed by atoms with E-state index in [9.17, 15) is 0 Å². The summed E-state index contributed by atoms with van der Waals surface area (Å²) in [6.07, 6.45) is 7.74. The van der Waals surface area contributed by atoms with Gasteiger partial charge in [-0.3, -0.25) is 9.38 Å². The standard InChI is InChI=1S/C13H14N4S/c1-10(11-2-4-14-5-3-11)15-8-12-9-17-6-7-18-13(17)16-12/h2-7,9-10,15H,8H2,1H3/t10-/m1/s1. The quantitative estimate of drug-likeness (QED) is 0.782. The van der Waals surface area contributed by atoms with Crippen LogP contribution >= 0.6 is 11.3 Å². The van der Waals surface area contributed by atoms with Crippen LogP contribution in [0.5, 0.6) is 0 Å². The minimum atomic E-state index is 0.299. The number of nitrogens with zero attached hydrogens (tertiary/aromatic N) is 3. The maximum absolute atomic E-state index is 4.54. The maximum Gasteiger partial charge on any atom is 0.193 e. The summed E-state index contributed by atoms with van der Waals surface area (Å²) in [6.45, 7) is 2.92. The second-order valence-electron chi connectivity index (χ2n) is 4.21. The molecule has 0 saturated carbocycles. The van der Waals surface area contributed by atoms with Gasteiger partial charge >= 0.3 is 0 Å². The molecule has 3 rings (SSSR count). The average Bonchev–Trinajstić information content (AvgIpc) is 2.97. The Labute approximate surface area is 109 Å². The summed E-state index contributed by atoms with van der Waals surface area (Å²) in [7, 11) is 0. The molecule has 0 aliphatic rings. The van der Waals surface area contributed by atoms with Gasteiger partial charge < -0.3 is 5.32 Å². The molecule has 0 unspecified atom stereocenters. The van der Waals surface area contributed by atoms with Crippen molar-refractivity contribution in [3.8, 4) is 0 Å². The van der Waals surface area contributed by atoms with Crippen LogP contribution in [0.4, 0.5) is 0 Å². The van der Waals surface area contributed by atoms with Crippen molar-refractivity contribution < 1.29 is 0 Å². The first-order valence-corrected chi connectivity index (χ1v) is 6.75. The van der Waals surface area contributed by atoms with E-state index in [0.29, 0.717) is 6.04 Å². The number of hydrogen-bond acceptors (Lipinski definition) is 4. The fourth-order valence-corrected chi connectivity index (χ4v) is 2.61. The predicted molar refractivity (Wildman–Crippen MR) is 72.6 cm³/mol. The van der Waals surface area contributed by atoms with E-state index in [1.54, 1.807) is 11.3 Å². The summed E-state index contributed by atoms with van der Waals surface area (Å²) in [5.74, 6) is 0. The lowest BCUT2D eigenvalue weighted by Crippen LogP contribution is -2.18. The minimum Gasteiger partial charge on any atom is -0.305 e. The van der Waals surface area contributed by atoms with E-state index in [0.717, 1.165) is 17.2 Å². The molecule has 5 heteroatoms. The lowest BCUT2D eigenvalue weighted by atomic mass is 10.1. The van der Waals surface area contributed by atoms with Gasteiger partial charge in [0.2, 0.25) is 0 Å². The van der Waals surface area contributed by atoms with E-state index >= 15 is 0 Å². The molecule has 0 radical (unpaired) electrons. The zero-order valence-electron chi connectivity index (χ0n) is 10.1. The van der Waals surface area contributed by atoms with Crippen molar-refractivity contribution in [2.24, 2.45) is 0 Å². The molecule has 92 valence electrons. The molecule has 0 spiro atoms. The smallest absolute Gasteiger partial charge is 0.193 e. The van der Waals surface area contributed by atoms with Crippen LogP contribution in [-0.4, -0.2) is 14.4 Å². The molecule has 3 heterocycles. The van der Waals surface area contributed by atoms with Gasteiger partial charge in [0.05, 0.1) is 5.69 Å². The Morgan fingerprint density at radius 2 is 2.22 bits per heavy atom.